The average Bonchev–Trinajstić information content (AvgIpc) is 2.95. The Morgan fingerprint density at radius 3 is 2.43 bits per heavy atom. The zero-order chi connectivity index (χ0) is 16.0. The number of nitrogens with zero attached hydrogens (tertiary/aromatic N) is 3. The first-order valence-corrected chi connectivity index (χ1v) is 6.82. The summed E-state index contributed by atoms with van der Waals surface area (Å²) in [7, 11) is 0. The molecule has 0 aliphatic heterocycles. The van der Waals surface area contributed by atoms with Crippen molar-refractivity contribution in [3.8, 4) is 0 Å². The third-order valence-electron chi connectivity index (χ3n) is 3.43. The third kappa shape index (κ3) is 3.20. The number of nitrogens with one attached hydrogen (secondary N) is 1. The van der Waals surface area contributed by atoms with E-state index in [0.29, 0.717) is 11.7 Å². The molecule has 1 fully saturated rings. The minimum absolute atomic E-state index is 0.279. The van der Waals surface area contributed by atoms with Crippen molar-refractivity contribution >= 4 is 5.91 Å². The van der Waals surface area contributed by atoms with Gasteiger partial charge in [-0.15, -0.1) is 0 Å². The van der Waals surface area contributed by atoms with Crippen LogP contribution in [0.4, 0.5) is 0 Å². The van der Waals surface area contributed by atoms with Crippen LogP contribution in [-0.4, -0.2) is 27.0 Å². The van der Waals surface area contributed by atoms with Crippen LogP contribution in [0.1, 0.15) is 52.8 Å². The van der Waals surface area contributed by atoms with Crippen LogP contribution in [0.2, 0.25) is 0 Å². The van der Waals surface area contributed by atoms with E-state index in [1.54, 1.807) is 13.8 Å². The lowest BCUT2D eigenvalue weighted by atomic mass is 9.97. The predicted molar refractivity (Wildman–Crippen MR) is 73.1 cm³/mol. The largest absolute Gasteiger partial charge is 0.343 e. The molecule has 0 unspecified atom stereocenters. The second-order valence-electron chi connectivity index (χ2n) is 6.98. The number of hydrogen-bond donors (Lipinski definition) is 1. The molecule has 1 saturated carbocycles. The van der Waals surface area contributed by atoms with E-state index in [1.807, 2.05) is 20.8 Å². The smallest absolute Gasteiger partial charge is 0.232 e. The SMILES string of the molecule is CC(C)(C)c1nc(C(C)(C)NC(=O)[C@H]2C[C@@H]2[N+](=O)[O-])no1. The molecule has 2 atom stereocenters. The summed E-state index contributed by atoms with van der Waals surface area (Å²) in [6.07, 6.45) is 0.286. The zero-order valence-electron chi connectivity index (χ0n) is 12.8. The first kappa shape index (κ1) is 15.4. The van der Waals surface area contributed by atoms with E-state index in [2.05, 4.69) is 15.5 Å². The van der Waals surface area contributed by atoms with Gasteiger partial charge < -0.3 is 9.84 Å². The quantitative estimate of drug-likeness (QED) is 0.663. The summed E-state index contributed by atoms with van der Waals surface area (Å²) >= 11 is 0. The molecule has 8 nitrogen and oxygen atoms in total. The lowest BCUT2D eigenvalue weighted by molar-refractivity contribution is -0.497. The summed E-state index contributed by atoms with van der Waals surface area (Å²) < 4.78 is 5.21. The molecule has 0 aromatic carbocycles. The van der Waals surface area contributed by atoms with E-state index in [1.165, 1.54) is 0 Å². The Morgan fingerprint density at radius 1 is 1.38 bits per heavy atom. The van der Waals surface area contributed by atoms with Gasteiger partial charge in [0.15, 0.2) is 5.82 Å². The second kappa shape index (κ2) is 4.78. The van der Waals surface area contributed by atoms with Gasteiger partial charge in [-0.2, -0.15) is 4.98 Å². The summed E-state index contributed by atoms with van der Waals surface area (Å²) in [6, 6.07) is -0.767. The maximum absolute atomic E-state index is 12.0. The molecule has 0 bridgehead atoms. The molecule has 8 heteroatoms. The van der Waals surface area contributed by atoms with Crippen molar-refractivity contribution in [2.45, 2.75) is 58.0 Å². The number of rotatable bonds is 4. The summed E-state index contributed by atoms with van der Waals surface area (Å²) in [5.74, 6) is -0.0643. The van der Waals surface area contributed by atoms with Crippen molar-refractivity contribution in [2.75, 3.05) is 0 Å². The number of nitro groups is 1. The van der Waals surface area contributed by atoms with Gasteiger partial charge in [-0.1, -0.05) is 25.9 Å². The summed E-state index contributed by atoms with van der Waals surface area (Å²) in [5, 5.41) is 17.3. The minimum atomic E-state index is -0.839. The number of amides is 1. The summed E-state index contributed by atoms with van der Waals surface area (Å²) in [5.41, 5.74) is -1.12. The highest BCUT2D eigenvalue weighted by molar-refractivity contribution is 5.82. The second-order valence-corrected chi connectivity index (χ2v) is 6.98. The Hall–Kier alpha value is -1.99. The summed E-state index contributed by atoms with van der Waals surface area (Å²) in [6.45, 7) is 9.32. The molecular formula is C13H20N4O4. The maximum Gasteiger partial charge on any atom is 0.232 e. The number of carbonyl (C=O) groups excluding carboxylic acids is 1. The van der Waals surface area contributed by atoms with Crippen LogP contribution in [0.15, 0.2) is 4.52 Å². The van der Waals surface area contributed by atoms with E-state index in [0.717, 1.165) is 0 Å². The highest BCUT2D eigenvalue weighted by Gasteiger charge is 2.54. The van der Waals surface area contributed by atoms with Gasteiger partial charge in [0.1, 0.15) is 5.92 Å². The normalized spacial score (nSPS) is 22.0. The van der Waals surface area contributed by atoms with Gasteiger partial charge in [-0.25, -0.2) is 0 Å². The molecule has 1 aromatic heterocycles. The fourth-order valence-electron chi connectivity index (χ4n) is 1.93. The van der Waals surface area contributed by atoms with Crippen LogP contribution >= 0.6 is 0 Å². The minimum Gasteiger partial charge on any atom is -0.343 e. The van der Waals surface area contributed by atoms with Gasteiger partial charge in [-0.3, -0.25) is 14.9 Å². The van der Waals surface area contributed by atoms with Crippen molar-refractivity contribution in [1.29, 1.82) is 0 Å². The molecule has 0 saturated heterocycles. The standard InChI is InChI=1S/C13H20N4O4/c1-12(2,3)11-14-10(16-21-11)13(4,5)15-9(18)7-6-8(7)17(19)20/h7-8H,6H2,1-5H3,(H,15,18)/t7-,8-/m0/s1. The van der Waals surface area contributed by atoms with Crippen LogP contribution in [0.5, 0.6) is 0 Å². The van der Waals surface area contributed by atoms with Gasteiger partial charge in [0.2, 0.25) is 17.8 Å². The van der Waals surface area contributed by atoms with Crippen LogP contribution < -0.4 is 5.32 Å². The Labute approximate surface area is 122 Å². The van der Waals surface area contributed by atoms with Gasteiger partial charge in [-0.05, 0) is 13.8 Å². The zero-order valence-corrected chi connectivity index (χ0v) is 12.8. The highest BCUT2D eigenvalue weighted by Crippen LogP contribution is 2.34. The Kier molecular flexibility index (Phi) is 3.51. The lowest BCUT2D eigenvalue weighted by Crippen LogP contribution is -2.43. The highest BCUT2D eigenvalue weighted by atomic mass is 16.6. The fourth-order valence-corrected chi connectivity index (χ4v) is 1.93. The van der Waals surface area contributed by atoms with Gasteiger partial charge in [0, 0.05) is 16.8 Å². The molecule has 1 aliphatic carbocycles. The first-order valence-electron chi connectivity index (χ1n) is 6.82. The molecule has 0 radical (unpaired) electrons. The predicted octanol–water partition coefficient (Wildman–Crippen LogP) is 1.38. The number of carbonyl (C=O) groups is 1. The van der Waals surface area contributed by atoms with Crippen molar-refractivity contribution < 1.29 is 14.2 Å². The Morgan fingerprint density at radius 2 is 2.00 bits per heavy atom. The molecule has 1 amide bonds. The van der Waals surface area contributed by atoms with Crippen molar-refractivity contribution in [1.82, 2.24) is 15.5 Å². The maximum atomic E-state index is 12.0. The van der Waals surface area contributed by atoms with E-state index < -0.39 is 22.4 Å². The van der Waals surface area contributed by atoms with Crippen molar-refractivity contribution in [3.05, 3.63) is 21.8 Å². The van der Waals surface area contributed by atoms with Gasteiger partial charge >= 0.3 is 0 Å². The van der Waals surface area contributed by atoms with E-state index in [9.17, 15) is 14.9 Å². The molecule has 1 heterocycles. The fraction of sp³-hybridized carbons (Fsp3) is 0.769. The van der Waals surface area contributed by atoms with Crippen LogP contribution in [-0.2, 0) is 15.7 Å². The Bertz CT molecular complexity index is 573. The van der Waals surface area contributed by atoms with Crippen molar-refractivity contribution in [3.63, 3.8) is 0 Å². The number of aromatic nitrogens is 2. The third-order valence-corrected chi connectivity index (χ3v) is 3.43. The molecule has 21 heavy (non-hydrogen) atoms. The molecule has 1 aromatic rings. The molecule has 0 spiro atoms. The number of hydrogen-bond acceptors (Lipinski definition) is 6. The van der Waals surface area contributed by atoms with Gasteiger partial charge in [0.25, 0.3) is 0 Å². The van der Waals surface area contributed by atoms with Crippen LogP contribution in [0, 0.1) is 16.0 Å². The molecule has 116 valence electrons. The molecule has 2 rings (SSSR count). The molecule has 1 N–H and O–H groups in total. The van der Waals surface area contributed by atoms with Gasteiger partial charge in [0.05, 0.1) is 5.54 Å². The molecular weight excluding hydrogens is 276 g/mol. The van der Waals surface area contributed by atoms with E-state index in [4.69, 9.17) is 4.52 Å². The lowest BCUT2D eigenvalue weighted by Gasteiger charge is -2.22. The van der Waals surface area contributed by atoms with Crippen molar-refractivity contribution in [2.24, 2.45) is 5.92 Å². The first-order chi connectivity index (χ1) is 9.52. The average molecular weight is 296 g/mol. The van der Waals surface area contributed by atoms with E-state index in [-0.39, 0.29) is 17.7 Å². The van der Waals surface area contributed by atoms with Crippen LogP contribution in [0.3, 0.4) is 0 Å². The van der Waals surface area contributed by atoms with E-state index >= 15 is 0 Å². The monoisotopic (exact) mass is 296 g/mol. The van der Waals surface area contributed by atoms with Crippen LogP contribution in [0.25, 0.3) is 0 Å². The Balaban J connectivity index is 2.07. The topological polar surface area (TPSA) is 111 Å². The summed E-state index contributed by atoms with van der Waals surface area (Å²) in [4.78, 5) is 26.5. The molecule has 1 aliphatic rings.